The van der Waals surface area contributed by atoms with Gasteiger partial charge in [0, 0.05) is 55.2 Å². The lowest BCUT2D eigenvalue weighted by molar-refractivity contribution is 0.0332. The van der Waals surface area contributed by atoms with E-state index < -0.39 is 0 Å². The molecule has 2 fully saturated rings. The van der Waals surface area contributed by atoms with Gasteiger partial charge in [-0.1, -0.05) is 18.6 Å². The van der Waals surface area contributed by atoms with E-state index in [1.807, 2.05) is 76.1 Å². The predicted molar refractivity (Wildman–Crippen MR) is 157 cm³/mol. The maximum absolute atomic E-state index is 13.6. The van der Waals surface area contributed by atoms with E-state index in [0.717, 1.165) is 68.5 Å². The third kappa shape index (κ3) is 6.03. The molecule has 2 aromatic carbocycles. The highest BCUT2D eigenvalue weighted by Crippen LogP contribution is 2.38. The molecule has 0 aliphatic carbocycles. The standard InChI is InChI=1S/C33H40N4O4/c1-25-10-11-27(22-30(25)37-17-6-15-34-37)31(38)35-18-13-33(14-19-35)12-2-3-20-40-23-28-8-5-16-36(28)32(39)26-7-4-9-29(21-26)41-24-33/h4,6-7,9-11,15,17,21-22,28H,2-3,5,8,12-14,16,18-20,23-24H2,1H3/t28-/m0/s1. The summed E-state index contributed by atoms with van der Waals surface area (Å²) in [5, 5.41) is 4.35. The van der Waals surface area contributed by atoms with E-state index in [1.54, 1.807) is 6.20 Å². The zero-order valence-electron chi connectivity index (χ0n) is 24.0. The molecule has 0 unspecified atom stereocenters. The largest absolute Gasteiger partial charge is 0.493 e. The van der Waals surface area contributed by atoms with E-state index in [0.29, 0.717) is 44.0 Å². The number of likely N-dealkylation sites (tertiary alicyclic amines) is 1. The van der Waals surface area contributed by atoms with Gasteiger partial charge in [-0.3, -0.25) is 9.59 Å². The van der Waals surface area contributed by atoms with Gasteiger partial charge in [0.25, 0.3) is 11.8 Å². The number of rotatable bonds is 2. The van der Waals surface area contributed by atoms with Crippen LogP contribution < -0.4 is 4.74 Å². The molecule has 8 nitrogen and oxygen atoms in total. The van der Waals surface area contributed by atoms with Gasteiger partial charge in [-0.25, -0.2) is 4.68 Å². The molecule has 4 heterocycles. The van der Waals surface area contributed by atoms with Crippen LogP contribution in [0.2, 0.25) is 0 Å². The van der Waals surface area contributed by atoms with Crippen molar-refractivity contribution in [1.82, 2.24) is 19.6 Å². The lowest BCUT2D eigenvalue weighted by atomic mass is 9.75. The Morgan fingerprint density at radius 3 is 2.71 bits per heavy atom. The second-order valence-electron chi connectivity index (χ2n) is 11.9. The van der Waals surface area contributed by atoms with Crippen LogP contribution in [-0.2, 0) is 4.74 Å². The molecule has 1 spiro atoms. The Kier molecular flexibility index (Phi) is 8.10. The average molecular weight is 557 g/mol. The molecule has 41 heavy (non-hydrogen) atoms. The van der Waals surface area contributed by atoms with E-state index in [-0.39, 0.29) is 23.3 Å². The first-order valence-electron chi connectivity index (χ1n) is 15.0. The second kappa shape index (κ2) is 12.1. The minimum Gasteiger partial charge on any atom is -0.493 e. The van der Waals surface area contributed by atoms with Gasteiger partial charge in [0.05, 0.1) is 24.9 Å². The Labute approximate surface area is 242 Å². The Morgan fingerprint density at radius 2 is 1.88 bits per heavy atom. The van der Waals surface area contributed by atoms with Gasteiger partial charge in [-0.2, -0.15) is 5.10 Å². The summed E-state index contributed by atoms with van der Waals surface area (Å²) < 4.78 is 14.3. The van der Waals surface area contributed by atoms with Crippen molar-refractivity contribution in [2.24, 2.45) is 5.41 Å². The fourth-order valence-corrected chi connectivity index (χ4v) is 6.55. The van der Waals surface area contributed by atoms with Crippen LogP contribution in [0.1, 0.15) is 71.2 Å². The minimum atomic E-state index is -0.0233. The molecule has 0 N–H and O–H groups in total. The van der Waals surface area contributed by atoms with E-state index in [9.17, 15) is 9.59 Å². The first kappa shape index (κ1) is 27.5. The summed E-state index contributed by atoms with van der Waals surface area (Å²) in [6.07, 6.45) is 10.5. The molecular formula is C33H40N4O4. The van der Waals surface area contributed by atoms with Crippen LogP contribution in [0.15, 0.2) is 60.9 Å². The van der Waals surface area contributed by atoms with Crippen molar-refractivity contribution in [2.75, 3.05) is 39.5 Å². The van der Waals surface area contributed by atoms with Crippen LogP contribution >= 0.6 is 0 Å². The van der Waals surface area contributed by atoms with Gasteiger partial charge in [-0.05, 0) is 87.4 Å². The van der Waals surface area contributed by atoms with E-state index >= 15 is 0 Å². The molecule has 2 saturated heterocycles. The Balaban J connectivity index is 1.15. The molecule has 2 amide bonds. The van der Waals surface area contributed by atoms with Crippen molar-refractivity contribution in [1.29, 1.82) is 0 Å². The predicted octanol–water partition coefficient (Wildman–Crippen LogP) is 5.29. The zero-order valence-corrected chi connectivity index (χ0v) is 24.0. The normalized spacial score (nSPS) is 21.6. The van der Waals surface area contributed by atoms with Crippen LogP contribution in [-0.4, -0.2) is 76.9 Å². The van der Waals surface area contributed by atoms with Crippen molar-refractivity contribution >= 4 is 11.8 Å². The number of ether oxygens (including phenoxy) is 2. The van der Waals surface area contributed by atoms with Gasteiger partial charge >= 0.3 is 0 Å². The molecule has 3 aliphatic heterocycles. The Bertz CT molecular complexity index is 1360. The number of hydrogen-bond donors (Lipinski definition) is 0. The summed E-state index contributed by atoms with van der Waals surface area (Å²) in [6.45, 7) is 6.09. The molecule has 3 aromatic rings. The SMILES string of the molecule is Cc1ccc(C(=O)N2CCC3(CCCCOC[C@@H]4CCCN4C(=O)c4cccc(c4)OC3)CC2)cc1-n1cccn1. The number of aryl methyl sites for hydroxylation is 1. The fourth-order valence-electron chi connectivity index (χ4n) is 6.55. The molecular weight excluding hydrogens is 516 g/mol. The second-order valence-corrected chi connectivity index (χ2v) is 11.9. The lowest BCUT2D eigenvalue weighted by Gasteiger charge is -2.42. The van der Waals surface area contributed by atoms with Gasteiger partial charge in [0.1, 0.15) is 5.75 Å². The van der Waals surface area contributed by atoms with Crippen LogP contribution in [0.4, 0.5) is 0 Å². The van der Waals surface area contributed by atoms with E-state index in [4.69, 9.17) is 9.47 Å². The molecule has 216 valence electrons. The summed E-state index contributed by atoms with van der Waals surface area (Å²) in [7, 11) is 0. The average Bonchev–Trinajstić information content (AvgIpc) is 3.71. The third-order valence-electron chi connectivity index (χ3n) is 9.14. The van der Waals surface area contributed by atoms with Gasteiger partial charge in [0.2, 0.25) is 0 Å². The highest BCUT2D eigenvalue weighted by atomic mass is 16.5. The Morgan fingerprint density at radius 1 is 1.00 bits per heavy atom. The van der Waals surface area contributed by atoms with Crippen LogP contribution in [0.25, 0.3) is 5.69 Å². The van der Waals surface area contributed by atoms with Crippen LogP contribution in [0.3, 0.4) is 0 Å². The number of carbonyl (C=O) groups is 2. The molecule has 0 saturated carbocycles. The van der Waals surface area contributed by atoms with Gasteiger partial charge in [0.15, 0.2) is 0 Å². The molecule has 2 bridgehead atoms. The molecule has 1 aromatic heterocycles. The van der Waals surface area contributed by atoms with Gasteiger partial charge in [-0.15, -0.1) is 0 Å². The number of aromatic nitrogens is 2. The highest BCUT2D eigenvalue weighted by molar-refractivity contribution is 5.95. The quantitative estimate of drug-likeness (QED) is 0.429. The Hall–Kier alpha value is -3.65. The van der Waals surface area contributed by atoms with Crippen LogP contribution in [0, 0.1) is 12.3 Å². The highest BCUT2D eigenvalue weighted by Gasteiger charge is 2.37. The first-order valence-corrected chi connectivity index (χ1v) is 15.0. The summed E-state index contributed by atoms with van der Waals surface area (Å²) in [4.78, 5) is 30.8. The molecule has 8 heteroatoms. The van der Waals surface area contributed by atoms with Crippen LogP contribution in [0.5, 0.6) is 5.75 Å². The molecule has 1 atom stereocenters. The number of piperidine rings is 1. The topological polar surface area (TPSA) is 76.9 Å². The summed E-state index contributed by atoms with van der Waals surface area (Å²) in [5.74, 6) is 0.859. The van der Waals surface area contributed by atoms with Gasteiger partial charge < -0.3 is 19.3 Å². The maximum atomic E-state index is 13.6. The van der Waals surface area contributed by atoms with Crippen molar-refractivity contribution in [2.45, 2.75) is 57.9 Å². The lowest BCUT2D eigenvalue weighted by Crippen LogP contribution is -2.45. The molecule has 0 radical (unpaired) electrons. The smallest absolute Gasteiger partial charge is 0.254 e. The fraction of sp³-hybridized carbons (Fsp3) is 0.485. The van der Waals surface area contributed by atoms with E-state index in [2.05, 4.69) is 5.10 Å². The number of nitrogens with zero attached hydrogens (tertiary/aromatic N) is 4. The van der Waals surface area contributed by atoms with E-state index in [1.165, 1.54) is 0 Å². The van der Waals surface area contributed by atoms with Crippen molar-refractivity contribution in [3.05, 3.63) is 77.6 Å². The number of fused-ring (bicyclic) bond motifs is 3. The minimum absolute atomic E-state index is 0.0233. The third-order valence-corrected chi connectivity index (χ3v) is 9.14. The zero-order chi connectivity index (χ0) is 28.2. The molecule has 3 aliphatic rings. The van der Waals surface area contributed by atoms with Crippen molar-refractivity contribution in [3.8, 4) is 11.4 Å². The van der Waals surface area contributed by atoms with Crippen molar-refractivity contribution < 1.29 is 19.1 Å². The molecule has 6 rings (SSSR count). The number of carbonyl (C=O) groups excluding carboxylic acids is 2. The summed E-state index contributed by atoms with van der Waals surface area (Å²) in [6, 6.07) is 15.5. The number of benzene rings is 2. The number of amides is 2. The first-order chi connectivity index (χ1) is 20.0. The van der Waals surface area contributed by atoms with Crippen molar-refractivity contribution in [3.63, 3.8) is 0 Å². The monoisotopic (exact) mass is 556 g/mol. The maximum Gasteiger partial charge on any atom is 0.254 e. The summed E-state index contributed by atoms with van der Waals surface area (Å²) in [5.41, 5.74) is 3.34. The summed E-state index contributed by atoms with van der Waals surface area (Å²) >= 11 is 0. The number of hydrogen-bond acceptors (Lipinski definition) is 5.